The average molecular weight is 740 g/mol. The number of hydrogen-bond donors (Lipinski definition) is 0. The number of fused-ring (bicyclic) bond motifs is 9. The first kappa shape index (κ1) is 32.4. The Morgan fingerprint density at radius 1 is 0.328 bits per heavy atom. The summed E-state index contributed by atoms with van der Waals surface area (Å²) in [5, 5.41) is 7.31. The zero-order valence-corrected chi connectivity index (χ0v) is 31.3. The Morgan fingerprint density at radius 3 is 1.74 bits per heavy atom. The Morgan fingerprint density at radius 2 is 0.966 bits per heavy atom. The fraction of sp³-hybridized carbons (Fsp3) is 0. The van der Waals surface area contributed by atoms with Crippen molar-refractivity contribution >= 4 is 65.4 Å². The fourth-order valence-electron chi connectivity index (χ4n) is 8.85. The number of rotatable bonds is 5. The summed E-state index contributed by atoms with van der Waals surface area (Å²) in [4.78, 5) is 15.8. The minimum atomic E-state index is 0.823. The Hall–Kier alpha value is -7.89. The molecule has 0 saturated carbocycles. The molecule has 0 fully saturated rings. The van der Waals surface area contributed by atoms with Gasteiger partial charge >= 0.3 is 0 Å². The molecule has 58 heavy (non-hydrogen) atoms. The van der Waals surface area contributed by atoms with Crippen LogP contribution in [0.4, 0.5) is 0 Å². The van der Waals surface area contributed by atoms with E-state index in [4.69, 9.17) is 15.0 Å². The van der Waals surface area contributed by atoms with Crippen molar-refractivity contribution in [2.24, 2.45) is 0 Å². The third-order valence-corrected chi connectivity index (χ3v) is 11.5. The molecule has 4 aromatic heterocycles. The second-order valence-electron chi connectivity index (χ2n) is 14.8. The van der Waals surface area contributed by atoms with Crippen molar-refractivity contribution in [3.05, 3.63) is 200 Å². The van der Waals surface area contributed by atoms with E-state index in [0.717, 1.165) is 72.9 Å². The maximum Gasteiger partial charge on any atom is 0.138 e. The van der Waals surface area contributed by atoms with Gasteiger partial charge in [0.2, 0.25) is 0 Å². The molecule has 8 aromatic carbocycles. The smallest absolute Gasteiger partial charge is 0.138 e. The number of benzene rings is 8. The molecular formula is C53H33N5. The summed E-state index contributed by atoms with van der Waals surface area (Å²) >= 11 is 0. The normalized spacial score (nSPS) is 11.8. The van der Waals surface area contributed by atoms with Crippen molar-refractivity contribution in [2.75, 3.05) is 0 Å². The Balaban J connectivity index is 1.07. The van der Waals surface area contributed by atoms with E-state index in [1.165, 1.54) is 37.8 Å². The molecule has 0 N–H and O–H groups in total. The summed E-state index contributed by atoms with van der Waals surface area (Å²) in [5.74, 6) is 0.853. The van der Waals surface area contributed by atoms with Crippen molar-refractivity contribution in [3.8, 4) is 45.3 Å². The van der Waals surface area contributed by atoms with Crippen LogP contribution in [0.25, 0.3) is 111 Å². The highest BCUT2D eigenvalue weighted by atomic mass is 15.1. The Bertz CT molecular complexity index is 3550. The van der Waals surface area contributed by atoms with Crippen LogP contribution in [0.2, 0.25) is 0 Å². The van der Waals surface area contributed by atoms with Crippen LogP contribution in [0.15, 0.2) is 200 Å². The van der Waals surface area contributed by atoms with Gasteiger partial charge in [-0.25, -0.2) is 15.0 Å². The van der Waals surface area contributed by atoms with E-state index in [-0.39, 0.29) is 0 Å². The second kappa shape index (κ2) is 12.8. The largest absolute Gasteiger partial charge is 0.309 e. The monoisotopic (exact) mass is 739 g/mol. The molecule has 4 heterocycles. The third-order valence-electron chi connectivity index (χ3n) is 11.5. The molecule has 5 heteroatoms. The second-order valence-corrected chi connectivity index (χ2v) is 14.8. The van der Waals surface area contributed by atoms with E-state index in [1.807, 2.05) is 36.4 Å². The van der Waals surface area contributed by atoms with Crippen LogP contribution >= 0.6 is 0 Å². The van der Waals surface area contributed by atoms with Crippen LogP contribution in [0.1, 0.15) is 0 Å². The zero-order chi connectivity index (χ0) is 38.2. The lowest BCUT2D eigenvalue weighted by Crippen LogP contribution is -1.99. The molecule has 12 aromatic rings. The molecule has 12 rings (SSSR count). The Kier molecular flexibility index (Phi) is 7.16. The SMILES string of the molecule is c1ccc(-c2nc3ccc(-c4cccc(-n5c6ccccc6c6cc7c8ccc9ccccc9c8n(-c8ccccc8)c7cc65)n4)cc3nc2-c2ccccc2)cc1. The van der Waals surface area contributed by atoms with Gasteiger partial charge in [-0.15, -0.1) is 0 Å². The molecular weight excluding hydrogens is 707 g/mol. The lowest BCUT2D eigenvalue weighted by molar-refractivity contribution is 1.08. The van der Waals surface area contributed by atoms with E-state index in [1.54, 1.807) is 0 Å². The fourth-order valence-corrected chi connectivity index (χ4v) is 8.85. The van der Waals surface area contributed by atoms with E-state index >= 15 is 0 Å². The van der Waals surface area contributed by atoms with Gasteiger partial charge in [-0.3, -0.25) is 4.57 Å². The van der Waals surface area contributed by atoms with Crippen molar-refractivity contribution < 1.29 is 0 Å². The van der Waals surface area contributed by atoms with Crippen LogP contribution in [-0.2, 0) is 0 Å². The summed E-state index contributed by atoms with van der Waals surface area (Å²) in [6, 6.07) is 70.6. The zero-order valence-electron chi connectivity index (χ0n) is 31.3. The molecule has 0 bridgehead atoms. The average Bonchev–Trinajstić information content (AvgIpc) is 3.80. The molecule has 0 aliphatic heterocycles. The number of hydrogen-bond acceptors (Lipinski definition) is 3. The van der Waals surface area contributed by atoms with Gasteiger partial charge in [-0.2, -0.15) is 0 Å². The lowest BCUT2D eigenvalue weighted by atomic mass is 10.0. The summed E-state index contributed by atoms with van der Waals surface area (Å²) in [5.41, 5.74) is 13.0. The first-order valence-electron chi connectivity index (χ1n) is 19.6. The van der Waals surface area contributed by atoms with Gasteiger partial charge in [-0.1, -0.05) is 146 Å². The number of nitrogens with zero attached hydrogens (tertiary/aromatic N) is 5. The summed E-state index contributed by atoms with van der Waals surface area (Å²) < 4.78 is 4.75. The summed E-state index contributed by atoms with van der Waals surface area (Å²) in [7, 11) is 0. The third kappa shape index (κ3) is 5.00. The molecule has 0 amide bonds. The predicted molar refractivity (Wildman–Crippen MR) is 240 cm³/mol. The van der Waals surface area contributed by atoms with Crippen molar-refractivity contribution in [1.82, 2.24) is 24.1 Å². The van der Waals surface area contributed by atoms with Gasteiger partial charge in [0.15, 0.2) is 0 Å². The maximum absolute atomic E-state index is 5.39. The molecule has 0 aliphatic carbocycles. The molecule has 0 radical (unpaired) electrons. The van der Waals surface area contributed by atoms with Crippen LogP contribution < -0.4 is 0 Å². The van der Waals surface area contributed by atoms with Crippen molar-refractivity contribution in [3.63, 3.8) is 0 Å². The van der Waals surface area contributed by atoms with Gasteiger partial charge in [0.05, 0.1) is 50.2 Å². The summed E-state index contributed by atoms with van der Waals surface area (Å²) in [6.45, 7) is 0. The van der Waals surface area contributed by atoms with Gasteiger partial charge in [-0.05, 0) is 60.0 Å². The molecule has 0 unspecified atom stereocenters. The molecule has 0 saturated heterocycles. The van der Waals surface area contributed by atoms with E-state index in [0.29, 0.717) is 0 Å². The molecule has 5 nitrogen and oxygen atoms in total. The maximum atomic E-state index is 5.39. The van der Waals surface area contributed by atoms with Crippen molar-refractivity contribution in [1.29, 1.82) is 0 Å². The molecule has 0 atom stereocenters. The van der Waals surface area contributed by atoms with Crippen molar-refractivity contribution in [2.45, 2.75) is 0 Å². The highest BCUT2D eigenvalue weighted by Crippen LogP contribution is 2.42. The number of pyridine rings is 1. The topological polar surface area (TPSA) is 48.5 Å². The van der Waals surface area contributed by atoms with Crippen LogP contribution in [0.5, 0.6) is 0 Å². The van der Waals surface area contributed by atoms with Gasteiger partial charge in [0.1, 0.15) is 5.82 Å². The first-order chi connectivity index (χ1) is 28.8. The lowest BCUT2D eigenvalue weighted by Gasteiger charge is -2.12. The first-order valence-corrected chi connectivity index (χ1v) is 19.6. The van der Waals surface area contributed by atoms with Gasteiger partial charge < -0.3 is 4.57 Å². The van der Waals surface area contributed by atoms with Crippen LogP contribution in [-0.4, -0.2) is 24.1 Å². The quantitative estimate of drug-likeness (QED) is 0.177. The minimum absolute atomic E-state index is 0.823. The summed E-state index contributed by atoms with van der Waals surface area (Å²) in [6.07, 6.45) is 0. The van der Waals surface area contributed by atoms with Crippen LogP contribution in [0, 0.1) is 0 Å². The van der Waals surface area contributed by atoms with Crippen LogP contribution in [0.3, 0.4) is 0 Å². The van der Waals surface area contributed by atoms with E-state index < -0.39 is 0 Å². The predicted octanol–water partition coefficient (Wildman–Crippen LogP) is 13.4. The highest BCUT2D eigenvalue weighted by molar-refractivity contribution is 6.23. The number of para-hydroxylation sites is 2. The highest BCUT2D eigenvalue weighted by Gasteiger charge is 2.21. The molecule has 270 valence electrons. The van der Waals surface area contributed by atoms with Gasteiger partial charge in [0.25, 0.3) is 0 Å². The standard InChI is InChI=1S/C53H33N5/c1-4-16-35(17-5-1)51-52(36-18-6-2-7-19-36)56-46-31-37(28-30-45(46)55-51)44-24-14-26-50(54-44)58-47-25-13-12-23-40(47)42-32-43-41-29-27-34-15-10-11-22-39(34)53(41)57(48(43)33-49(42)58)38-20-8-3-9-21-38/h1-33H. The molecule has 0 spiro atoms. The Labute approximate surface area is 333 Å². The van der Waals surface area contributed by atoms with E-state index in [2.05, 4.69) is 173 Å². The van der Waals surface area contributed by atoms with E-state index in [9.17, 15) is 0 Å². The molecule has 0 aliphatic rings. The minimum Gasteiger partial charge on any atom is -0.309 e. The number of aromatic nitrogens is 5. The van der Waals surface area contributed by atoms with Gasteiger partial charge in [0, 0.05) is 49.3 Å².